The molecule has 11 heavy (non-hydrogen) atoms. The summed E-state index contributed by atoms with van der Waals surface area (Å²) in [6, 6.07) is 0. The Kier molecular flexibility index (Phi) is 3.84. The van der Waals surface area contributed by atoms with Crippen LogP contribution < -0.4 is 0 Å². The zero-order valence-electron chi connectivity index (χ0n) is 5.01. The van der Waals surface area contributed by atoms with Crippen molar-refractivity contribution in [1.29, 1.82) is 0 Å². The Morgan fingerprint density at radius 1 is 1.27 bits per heavy atom. The number of isocyanates is 2. The van der Waals surface area contributed by atoms with E-state index in [1.165, 1.54) is 0 Å². The Bertz CT molecular complexity index is 258. The second-order valence-corrected chi connectivity index (χ2v) is 1.11. The van der Waals surface area contributed by atoms with E-state index in [-0.39, 0.29) is 0 Å². The molecule has 0 atom stereocenters. The van der Waals surface area contributed by atoms with Gasteiger partial charge in [-0.05, 0) is 0 Å². The maximum Gasteiger partial charge on any atom is 0.372 e. The van der Waals surface area contributed by atoms with Gasteiger partial charge in [-0.1, -0.05) is 0 Å². The highest BCUT2D eigenvalue weighted by molar-refractivity contribution is 5.35. The molecule has 0 aliphatic rings. The average molecular weight is 158 g/mol. The third-order valence-corrected chi connectivity index (χ3v) is 0.512. The molecule has 0 rings (SSSR count). The maximum atomic E-state index is 9.43. The topological polar surface area (TPSA) is 109 Å². The van der Waals surface area contributed by atoms with Gasteiger partial charge < -0.3 is 15.1 Å². The fourth-order valence-electron chi connectivity index (χ4n) is 0.194. The average Bonchev–Trinajstić information content (AvgIpc) is 2.00. The lowest BCUT2D eigenvalue weighted by Gasteiger charge is -1.91. The summed E-state index contributed by atoms with van der Waals surface area (Å²) in [5.74, 6) is -2.31. The lowest BCUT2D eigenvalue weighted by atomic mass is 10.8. The molecule has 0 bridgehead atoms. The molecule has 0 spiro atoms. The van der Waals surface area contributed by atoms with E-state index in [2.05, 4.69) is 15.0 Å². The van der Waals surface area contributed by atoms with Gasteiger partial charge in [0.15, 0.2) is 0 Å². The molecule has 7 heteroatoms. The van der Waals surface area contributed by atoms with Gasteiger partial charge >= 0.3 is 11.8 Å². The molecule has 0 radical (unpaired) electrons. The van der Waals surface area contributed by atoms with Gasteiger partial charge in [0.2, 0.25) is 6.08 Å². The van der Waals surface area contributed by atoms with Crippen LogP contribution in [0.3, 0.4) is 0 Å². The Hall–Kier alpha value is -2.10. The monoisotopic (exact) mass is 158 g/mol. The van der Waals surface area contributed by atoms with Crippen molar-refractivity contribution in [2.75, 3.05) is 0 Å². The van der Waals surface area contributed by atoms with E-state index in [4.69, 9.17) is 10.2 Å². The van der Waals surface area contributed by atoms with Gasteiger partial charge in [-0.2, -0.15) is 0 Å². The number of aliphatic hydroxyl groups excluding tert-OH is 2. The van der Waals surface area contributed by atoms with Crippen molar-refractivity contribution in [3.05, 3.63) is 11.8 Å². The van der Waals surface area contributed by atoms with Crippen molar-refractivity contribution < 1.29 is 24.6 Å². The van der Waals surface area contributed by atoms with Crippen molar-refractivity contribution in [3.8, 4) is 0 Å². The van der Waals surface area contributed by atoms with Crippen molar-refractivity contribution in [3.63, 3.8) is 0 Å². The third kappa shape index (κ3) is 3.47. The summed E-state index contributed by atoms with van der Waals surface area (Å²) in [5.41, 5.74) is 0. The Balaban J connectivity index is 4.38. The van der Waals surface area contributed by atoms with E-state index in [1.807, 2.05) is 0 Å². The third-order valence-electron chi connectivity index (χ3n) is 0.512. The summed E-state index contributed by atoms with van der Waals surface area (Å²) < 4.78 is 0. The summed E-state index contributed by atoms with van der Waals surface area (Å²) in [6.07, 6.45) is 1.81. The molecule has 0 aromatic rings. The first-order valence-electron chi connectivity index (χ1n) is 2.16. The number of nitrogens with zero attached hydrogens (tertiary/aromatic N) is 2. The number of aliphatic hydroxyl groups is 2. The fourth-order valence-corrected chi connectivity index (χ4v) is 0.194. The highest BCUT2D eigenvalue weighted by atomic mass is 16.7. The van der Waals surface area contributed by atoms with E-state index in [1.54, 1.807) is 0 Å². The standard InChI is InChI=1S/C4H2N2O5/c7-1-5-3(9)4(10)11-6-2-8/h9-10H/b4-3+. The van der Waals surface area contributed by atoms with Gasteiger partial charge in [-0.25, -0.2) is 9.59 Å². The molecule has 0 aromatic heterocycles. The van der Waals surface area contributed by atoms with Crippen LogP contribution in [0.2, 0.25) is 0 Å². The highest BCUT2D eigenvalue weighted by Gasteiger charge is 2.02. The molecular weight excluding hydrogens is 156 g/mol. The van der Waals surface area contributed by atoms with Crippen molar-refractivity contribution in [1.82, 2.24) is 0 Å². The molecule has 0 heterocycles. The van der Waals surface area contributed by atoms with Gasteiger partial charge in [0, 0.05) is 5.16 Å². The molecule has 7 nitrogen and oxygen atoms in total. The number of hydrogen-bond donors (Lipinski definition) is 2. The van der Waals surface area contributed by atoms with Crippen LogP contribution in [-0.2, 0) is 14.4 Å². The van der Waals surface area contributed by atoms with E-state index in [0.29, 0.717) is 0 Å². The van der Waals surface area contributed by atoms with Crippen molar-refractivity contribution in [2.24, 2.45) is 10.1 Å². The van der Waals surface area contributed by atoms with Crippen LogP contribution in [0, 0.1) is 0 Å². The van der Waals surface area contributed by atoms with Crippen LogP contribution in [0.1, 0.15) is 0 Å². The minimum atomic E-state index is -1.18. The van der Waals surface area contributed by atoms with Gasteiger partial charge in [-0.15, -0.1) is 4.99 Å². The molecule has 0 unspecified atom stereocenters. The minimum Gasteiger partial charge on any atom is -0.488 e. The Labute approximate surface area is 59.9 Å². The molecular formula is C4H2N2O5. The number of carbonyl (C=O) groups excluding carboxylic acids is 2. The number of hydrogen-bond acceptors (Lipinski definition) is 7. The second kappa shape index (κ2) is 4.75. The number of aliphatic imine (C=N–C) groups is 1. The Morgan fingerprint density at radius 2 is 1.91 bits per heavy atom. The van der Waals surface area contributed by atoms with Gasteiger partial charge in [0.25, 0.3) is 6.08 Å². The summed E-state index contributed by atoms with van der Waals surface area (Å²) in [6.45, 7) is 0. The van der Waals surface area contributed by atoms with E-state index in [9.17, 15) is 9.59 Å². The molecule has 0 saturated heterocycles. The van der Waals surface area contributed by atoms with E-state index in [0.717, 1.165) is 12.2 Å². The van der Waals surface area contributed by atoms with Gasteiger partial charge in [0.1, 0.15) is 0 Å². The van der Waals surface area contributed by atoms with Gasteiger partial charge in [-0.3, -0.25) is 0 Å². The van der Waals surface area contributed by atoms with Crippen molar-refractivity contribution >= 4 is 12.2 Å². The molecule has 0 saturated carbocycles. The molecule has 0 aliphatic carbocycles. The first kappa shape index (κ1) is 8.90. The Morgan fingerprint density at radius 3 is 2.36 bits per heavy atom. The minimum absolute atomic E-state index is 0.903. The largest absolute Gasteiger partial charge is 0.488 e. The van der Waals surface area contributed by atoms with E-state index >= 15 is 0 Å². The summed E-state index contributed by atoms with van der Waals surface area (Å²) in [4.78, 5) is 25.0. The lowest BCUT2D eigenvalue weighted by Crippen LogP contribution is -1.89. The van der Waals surface area contributed by atoms with Crippen LogP contribution in [-0.4, -0.2) is 22.4 Å². The van der Waals surface area contributed by atoms with Crippen LogP contribution in [0.5, 0.6) is 0 Å². The molecule has 0 aliphatic heterocycles. The predicted molar refractivity (Wildman–Crippen MR) is 29.6 cm³/mol. The summed E-state index contributed by atoms with van der Waals surface area (Å²) >= 11 is 0. The highest BCUT2D eigenvalue weighted by Crippen LogP contribution is 1.99. The SMILES string of the molecule is O=C=NO/C(O)=C(/O)N=C=O. The number of rotatable bonds is 3. The summed E-state index contributed by atoms with van der Waals surface area (Å²) in [7, 11) is 0. The van der Waals surface area contributed by atoms with Gasteiger partial charge in [0.05, 0.1) is 0 Å². The zero-order chi connectivity index (χ0) is 8.69. The van der Waals surface area contributed by atoms with Crippen molar-refractivity contribution in [2.45, 2.75) is 0 Å². The van der Waals surface area contributed by atoms with Crippen LogP contribution in [0.25, 0.3) is 0 Å². The first-order chi connectivity index (χ1) is 5.22. The zero-order valence-corrected chi connectivity index (χ0v) is 5.01. The second-order valence-electron chi connectivity index (χ2n) is 1.11. The normalized spacial score (nSPS) is 10.2. The van der Waals surface area contributed by atoms with E-state index < -0.39 is 11.8 Å². The molecule has 2 N–H and O–H groups in total. The maximum absolute atomic E-state index is 9.43. The van der Waals surface area contributed by atoms with Crippen LogP contribution >= 0.6 is 0 Å². The smallest absolute Gasteiger partial charge is 0.372 e. The predicted octanol–water partition coefficient (Wildman–Crippen LogP) is -0.168. The first-order valence-corrected chi connectivity index (χ1v) is 2.16. The molecule has 58 valence electrons. The summed E-state index contributed by atoms with van der Waals surface area (Å²) in [5, 5.41) is 19.3. The van der Waals surface area contributed by atoms with Crippen LogP contribution in [0.4, 0.5) is 0 Å². The lowest BCUT2D eigenvalue weighted by molar-refractivity contribution is 0.0785. The molecule has 0 fully saturated rings. The van der Waals surface area contributed by atoms with Crippen LogP contribution in [0.15, 0.2) is 22.0 Å². The quantitative estimate of drug-likeness (QED) is 0.256. The fraction of sp³-hybridized carbons (Fsp3) is 0. The molecule has 0 amide bonds. The molecule has 0 aromatic carbocycles.